The van der Waals surface area contributed by atoms with Gasteiger partial charge in [-0.05, 0) is 36.1 Å². The minimum Gasteiger partial charge on any atom is -0.373 e. The molecule has 0 N–H and O–H groups in total. The highest BCUT2D eigenvalue weighted by atomic mass is 19.1. The van der Waals surface area contributed by atoms with Gasteiger partial charge in [-0.1, -0.05) is 20.8 Å². The van der Waals surface area contributed by atoms with Crippen LogP contribution in [-0.4, -0.2) is 19.0 Å². The molecule has 17 heavy (non-hydrogen) atoms. The minimum absolute atomic E-state index is 0.0573. The quantitative estimate of drug-likeness (QED) is 0.580. The summed E-state index contributed by atoms with van der Waals surface area (Å²) >= 11 is 0. The predicted octanol–water partition coefficient (Wildman–Crippen LogP) is 3.46. The summed E-state index contributed by atoms with van der Waals surface area (Å²) in [5.74, 6) is -0.450. The maximum Gasteiger partial charge on any atom is 0.188 e. The highest BCUT2D eigenvalue weighted by Gasteiger charge is 2.11. The normalized spacial score (nSPS) is 11.5. The van der Waals surface area contributed by atoms with Crippen LogP contribution in [0.5, 0.6) is 0 Å². The van der Waals surface area contributed by atoms with Crippen molar-refractivity contribution in [3.63, 3.8) is 0 Å². The fourth-order valence-corrected chi connectivity index (χ4v) is 1.26. The van der Waals surface area contributed by atoms with Crippen molar-refractivity contribution in [2.24, 2.45) is 5.41 Å². The lowest BCUT2D eigenvalue weighted by molar-refractivity contribution is 0.0705. The molecule has 0 aliphatic heterocycles. The number of rotatable bonds is 5. The van der Waals surface area contributed by atoms with E-state index in [4.69, 9.17) is 4.74 Å². The molecule has 3 heteroatoms. The first-order valence-corrected chi connectivity index (χ1v) is 5.75. The van der Waals surface area contributed by atoms with E-state index in [0.29, 0.717) is 12.2 Å². The van der Waals surface area contributed by atoms with Gasteiger partial charge in [-0.25, -0.2) is 4.39 Å². The van der Waals surface area contributed by atoms with Crippen LogP contribution in [0.25, 0.3) is 0 Å². The SMILES string of the molecule is CC(C)(C)CCOCC(=O)c1ccc(F)cc1. The van der Waals surface area contributed by atoms with Gasteiger partial charge in [0, 0.05) is 12.2 Å². The second-order valence-electron chi connectivity index (χ2n) is 5.29. The average molecular weight is 238 g/mol. The first-order chi connectivity index (χ1) is 7.88. The van der Waals surface area contributed by atoms with E-state index in [1.807, 2.05) is 0 Å². The van der Waals surface area contributed by atoms with Crippen LogP contribution in [0.1, 0.15) is 37.6 Å². The van der Waals surface area contributed by atoms with Crippen LogP contribution in [0.15, 0.2) is 24.3 Å². The molecule has 0 aliphatic carbocycles. The van der Waals surface area contributed by atoms with Crippen molar-refractivity contribution in [1.29, 1.82) is 0 Å². The number of ether oxygens (including phenoxy) is 1. The number of ketones is 1. The molecular formula is C14H19FO2. The Morgan fingerprint density at radius 1 is 1.24 bits per heavy atom. The molecule has 0 atom stereocenters. The Labute approximate surface area is 102 Å². The van der Waals surface area contributed by atoms with Crippen LogP contribution in [0.4, 0.5) is 4.39 Å². The van der Waals surface area contributed by atoms with Gasteiger partial charge >= 0.3 is 0 Å². The standard InChI is InChI=1S/C14H19FO2/c1-14(2,3)8-9-17-10-13(16)11-4-6-12(15)7-5-11/h4-7H,8-10H2,1-3H3. The van der Waals surface area contributed by atoms with Crippen molar-refractivity contribution in [3.05, 3.63) is 35.6 Å². The lowest BCUT2D eigenvalue weighted by atomic mass is 9.93. The number of carbonyl (C=O) groups is 1. The van der Waals surface area contributed by atoms with Crippen molar-refractivity contribution in [3.8, 4) is 0 Å². The summed E-state index contributed by atoms with van der Waals surface area (Å²) < 4.78 is 18.0. The summed E-state index contributed by atoms with van der Waals surface area (Å²) in [6, 6.07) is 5.51. The highest BCUT2D eigenvalue weighted by Crippen LogP contribution is 2.17. The monoisotopic (exact) mass is 238 g/mol. The van der Waals surface area contributed by atoms with Gasteiger partial charge in [-0.15, -0.1) is 0 Å². The molecule has 0 aliphatic rings. The number of halogens is 1. The number of benzene rings is 1. The van der Waals surface area contributed by atoms with Crippen molar-refractivity contribution in [2.75, 3.05) is 13.2 Å². The molecule has 0 saturated carbocycles. The van der Waals surface area contributed by atoms with E-state index in [9.17, 15) is 9.18 Å². The maximum atomic E-state index is 12.6. The Hall–Kier alpha value is -1.22. The number of carbonyl (C=O) groups excluding carboxylic acids is 1. The maximum absolute atomic E-state index is 12.6. The Morgan fingerprint density at radius 3 is 2.35 bits per heavy atom. The summed E-state index contributed by atoms with van der Waals surface area (Å²) in [7, 11) is 0. The predicted molar refractivity (Wildman–Crippen MR) is 65.6 cm³/mol. The Kier molecular flexibility index (Phi) is 4.82. The van der Waals surface area contributed by atoms with Gasteiger partial charge in [0.15, 0.2) is 5.78 Å². The summed E-state index contributed by atoms with van der Waals surface area (Å²) in [6.45, 7) is 6.99. The molecule has 0 saturated heterocycles. The molecule has 0 fully saturated rings. The molecule has 0 heterocycles. The molecule has 0 amide bonds. The summed E-state index contributed by atoms with van der Waals surface area (Å²) in [5.41, 5.74) is 0.695. The molecule has 0 unspecified atom stereocenters. The van der Waals surface area contributed by atoms with E-state index < -0.39 is 0 Å². The van der Waals surface area contributed by atoms with Gasteiger partial charge in [-0.3, -0.25) is 4.79 Å². The smallest absolute Gasteiger partial charge is 0.188 e. The second kappa shape index (κ2) is 5.92. The van der Waals surface area contributed by atoms with Gasteiger partial charge < -0.3 is 4.74 Å². The molecule has 94 valence electrons. The molecule has 1 aromatic rings. The largest absolute Gasteiger partial charge is 0.373 e. The summed E-state index contributed by atoms with van der Waals surface area (Å²) in [4.78, 5) is 11.6. The average Bonchev–Trinajstić information content (AvgIpc) is 2.24. The van der Waals surface area contributed by atoms with Crippen LogP contribution in [0.3, 0.4) is 0 Å². The van der Waals surface area contributed by atoms with Crippen LogP contribution >= 0.6 is 0 Å². The van der Waals surface area contributed by atoms with Gasteiger partial charge in [0.2, 0.25) is 0 Å². The zero-order chi connectivity index (χ0) is 12.9. The Bertz CT molecular complexity index is 363. The molecular weight excluding hydrogens is 219 g/mol. The fraction of sp³-hybridized carbons (Fsp3) is 0.500. The lowest BCUT2D eigenvalue weighted by Gasteiger charge is -2.17. The Balaban J connectivity index is 2.33. The number of hydrogen-bond donors (Lipinski definition) is 0. The van der Waals surface area contributed by atoms with Crippen LogP contribution < -0.4 is 0 Å². The number of Topliss-reactive ketones (excluding diaryl/α,β-unsaturated/α-hetero) is 1. The summed E-state index contributed by atoms with van der Waals surface area (Å²) in [6.07, 6.45) is 0.906. The van der Waals surface area contributed by atoms with Crippen molar-refractivity contribution < 1.29 is 13.9 Å². The van der Waals surface area contributed by atoms with Gasteiger partial charge in [0.25, 0.3) is 0 Å². The molecule has 1 rings (SSSR count). The second-order valence-corrected chi connectivity index (χ2v) is 5.29. The van der Waals surface area contributed by atoms with Gasteiger partial charge in [0.05, 0.1) is 0 Å². The third-order valence-electron chi connectivity index (χ3n) is 2.40. The fourth-order valence-electron chi connectivity index (χ4n) is 1.26. The van der Waals surface area contributed by atoms with E-state index in [1.165, 1.54) is 24.3 Å². The zero-order valence-corrected chi connectivity index (χ0v) is 10.6. The minimum atomic E-state index is -0.338. The molecule has 1 aromatic carbocycles. The zero-order valence-electron chi connectivity index (χ0n) is 10.6. The van der Waals surface area contributed by atoms with Crippen molar-refractivity contribution >= 4 is 5.78 Å². The van der Waals surface area contributed by atoms with Crippen molar-refractivity contribution in [2.45, 2.75) is 27.2 Å². The van der Waals surface area contributed by atoms with Crippen LogP contribution in [0.2, 0.25) is 0 Å². The molecule has 0 radical (unpaired) electrons. The molecule has 0 spiro atoms. The van der Waals surface area contributed by atoms with Crippen LogP contribution in [-0.2, 0) is 4.74 Å². The van der Waals surface area contributed by atoms with E-state index in [0.717, 1.165) is 6.42 Å². The first kappa shape index (κ1) is 13.8. The molecule has 0 aromatic heterocycles. The van der Waals surface area contributed by atoms with Gasteiger partial charge in [0.1, 0.15) is 12.4 Å². The molecule has 0 bridgehead atoms. The molecule has 2 nitrogen and oxygen atoms in total. The topological polar surface area (TPSA) is 26.3 Å². The van der Waals surface area contributed by atoms with Crippen LogP contribution in [0, 0.1) is 11.2 Å². The highest BCUT2D eigenvalue weighted by molar-refractivity contribution is 5.96. The lowest BCUT2D eigenvalue weighted by Crippen LogP contribution is -2.14. The third kappa shape index (κ3) is 5.59. The Morgan fingerprint density at radius 2 is 1.82 bits per heavy atom. The summed E-state index contributed by atoms with van der Waals surface area (Å²) in [5, 5.41) is 0. The number of hydrogen-bond acceptors (Lipinski definition) is 2. The van der Waals surface area contributed by atoms with E-state index in [-0.39, 0.29) is 23.6 Å². The first-order valence-electron chi connectivity index (χ1n) is 5.75. The van der Waals surface area contributed by atoms with E-state index in [2.05, 4.69) is 20.8 Å². The van der Waals surface area contributed by atoms with E-state index >= 15 is 0 Å². The third-order valence-corrected chi connectivity index (χ3v) is 2.40. The van der Waals surface area contributed by atoms with Gasteiger partial charge in [-0.2, -0.15) is 0 Å². The van der Waals surface area contributed by atoms with Crippen molar-refractivity contribution in [1.82, 2.24) is 0 Å². The van der Waals surface area contributed by atoms with E-state index in [1.54, 1.807) is 0 Å².